The highest BCUT2D eigenvalue weighted by Gasteiger charge is 2.20. The lowest BCUT2D eigenvalue weighted by molar-refractivity contribution is 0.404. The van der Waals surface area contributed by atoms with Gasteiger partial charge in [-0.3, -0.25) is 5.84 Å². The molecule has 0 aliphatic rings. The molecule has 0 fully saturated rings. The first-order chi connectivity index (χ1) is 9.56. The van der Waals surface area contributed by atoms with Gasteiger partial charge in [0.2, 0.25) is 0 Å². The summed E-state index contributed by atoms with van der Waals surface area (Å²) in [5.41, 5.74) is 5.10. The Kier molecular flexibility index (Phi) is 4.60. The SMILES string of the molecule is COc1ccc(C)cc1C(NN)c1cc(F)ccc1Cl. The highest BCUT2D eigenvalue weighted by atomic mass is 35.5. The van der Waals surface area contributed by atoms with Crippen LogP contribution in [0.2, 0.25) is 5.02 Å². The summed E-state index contributed by atoms with van der Waals surface area (Å²) in [4.78, 5) is 0. The van der Waals surface area contributed by atoms with Gasteiger partial charge in [0, 0.05) is 10.6 Å². The Bertz CT molecular complexity index is 619. The van der Waals surface area contributed by atoms with Gasteiger partial charge in [-0.05, 0) is 36.8 Å². The third-order valence-electron chi connectivity index (χ3n) is 3.13. The van der Waals surface area contributed by atoms with Crippen molar-refractivity contribution >= 4 is 11.6 Å². The number of hydrazine groups is 1. The second-order valence-corrected chi connectivity index (χ2v) is 4.92. The minimum Gasteiger partial charge on any atom is -0.496 e. The van der Waals surface area contributed by atoms with Crippen LogP contribution in [0.4, 0.5) is 4.39 Å². The van der Waals surface area contributed by atoms with Crippen LogP contribution in [0.15, 0.2) is 36.4 Å². The molecule has 1 atom stereocenters. The van der Waals surface area contributed by atoms with Gasteiger partial charge in [0.1, 0.15) is 11.6 Å². The molecule has 2 rings (SSSR count). The molecule has 106 valence electrons. The summed E-state index contributed by atoms with van der Waals surface area (Å²) in [6.45, 7) is 1.96. The topological polar surface area (TPSA) is 47.3 Å². The van der Waals surface area contributed by atoms with Crippen molar-refractivity contribution in [3.8, 4) is 5.75 Å². The lowest BCUT2D eigenvalue weighted by Gasteiger charge is -2.21. The Hall–Kier alpha value is -1.62. The fourth-order valence-electron chi connectivity index (χ4n) is 2.16. The third kappa shape index (κ3) is 2.93. The molecule has 0 amide bonds. The first-order valence-corrected chi connectivity index (χ1v) is 6.50. The molecule has 0 heterocycles. The van der Waals surface area contributed by atoms with Crippen molar-refractivity contribution in [2.75, 3.05) is 7.11 Å². The summed E-state index contributed by atoms with van der Waals surface area (Å²) in [7, 11) is 1.58. The van der Waals surface area contributed by atoms with Crippen LogP contribution in [0, 0.1) is 12.7 Å². The van der Waals surface area contributed by atoms with Gasteiger partial charge in [-0.2, -0.15) is 0 Å². The molecule has 0 aromatic heterocycles. The van der Waals surface area contributed by atoms with E-state index in [0.29, 0.717) is 16.3 Å². The zero-order valence-electron chi connectivity index (χ0n) is 11.3. The Morgan fingerprint density at radius 3 is 2.60 bits per heavy atom. The van der Waals surface area contributed by atoms with E-state index in [9.17, 15) is 4.39 Å². The molecule has 1 unspecified atom stereocenters. The number of halogens is 2. The van der Waals surface area contributed by atoms with Gasteiger partial charge in [-0.25, -0.2) is 9.82 Å². The van der Waals surface area contributed by atoms with E-state index in [0.717, 1.165) is 11.1 Å². The van der Waals surface area contributed by atoms with E-state index in [1.807, 2.05) is 25.1 Å². The Balaban J connectivity index is 2.57. The van der Waals surface area contributed by atoms with Gasteiger partial charge < -0.3 is 4.74 Å². The second-order valence-electron chi connectivity index (χ2n) is 4.51. The molecule has 0 radical (unpaired) electrons. The van der Waals surface area contributed by atoms with Crippen molar-refractivity contribution in [3.63, 3.8) is 0 Å². The van der Waals surface area contributed by atoms with Crippen molar-refractivity contribution in [2.45, 2.75) is 13.0 Å². The molecule has 2 aromatic carbocycles. The number of nitrogens with two attached hydrogens (primary N) is 1. The molecule has 0 bridgehead atoms. The summed E-state index contributed by atoms with van der Waals surface area (Å²) in [5.74, 6) is 5.94. The molecule has 3 nitrogen and oxygen atoms in total. The number of rotatable bonds is 4. The van der Waals surface area contributed by atoms with E-state index in [1.165, 1.54) is 18.2 Å². The van der Waals surface area contributed by atoms with Gasteiger partial charge in [0.15, 0.2) is 0 Å². The molecule has 5 heteroatoms. The standard InChI is InChI=1S/C15H16ClFN2O/c1-9-3-6-14(20-2)12(7-9)15(19-18)11-8-10(17)4-5-13(11)16/h3-8,15,19H,18H2,1-2H3. The molecule has 3 N–H and O–H groups in total. The van der Waals surface area contributed by atoms with E-state index in [1.54, 1.807) is 7.11 Å². The van der Waals surface area contributed by atoms with Gasteiger partial charge in [0.05, 0.1) is 13.2 Å². The van der Waals surface area contributed by atoms with Crippen LogP contribution >= 0.6 is 11.6 Å². The molecule has 0 saturated heterocycles. The monoisotopic (exact) mass is 294 g/mol. The van der Waals surface area contributed by atoms with Crippen molar-refractivity contribution < 1.29 is 9.13 Å². The zero-order valence-corrected chi connectivity index (χ0v) is 12.0. The summed E-state index contributed by atoms with van der Waals surface area (Å²) in [5, 5.41) is 0.443. The molecule has 0 aliphatic carbocycles. The first-order valence-electron chi connectivity index (χ1n) is 6.12. The minimum atomic E-state index is -0.451. The number of aryl methyl sites for hydroxylation is 1. The van der Waals surface area contributed by atoms with Crippen molar-refractivity contribution in [2.24, 2.45) is 5.84 Å². The fourth-order valence-corrected chi connectivity index (χ4v) is 2.39. The second kappa shape index (κ2) is 6.22. The van der Waals surface area contributed by atoms with Crippen LogP contribution in [-0.2, 0) is 0 Å². The number of methoxy groups -OCH3 is 1. The number of hydrogen-bond acceptors (Lipinski definition) is 3. The maximum Gasteiger partial charge on any atom is 0.124 e. The van der Waals surface area contributed by atoms with Gasteiger partial charge >= 0.3 is 0 Å². The minimum absolute atomic E-state index is 0.365. The summed E-state index contributed by atoms with van der Waals surface area (Å²) < 4.78 is 18.8. The summed E-state index contributed by atoms with van der Waals surface area (Å²) >= 11 is 6.15. The van der Waals surface area contributed by atoms with Crippen LogP contribution in [0.25, 0.3) is 0 Å². The number of hydrogen-bond donors (Lipinski definition) is 2. The Labute approximate surface area is 122 Å². The lowest BCUT2D eigenvalue weighted by Crippen LogP contribution is -2.29. The van der Waals surface area contributed by atoms with Gasteiger partial charge in [-0.15, -0.1) is 0 Å². The first kappa shape index (κ1) is 14.8. The van der Waals surface area contributed by atoms with E-state index in [2.05, 4.69) is 5.43 Å². The number of benzene rings is 2. The molecule has 0 aliphatic heterocycles. The van der Waals surface area contributed by atoms with E-state index in [-0.39, 0.29) is 5.82 Å². The van der Waals surface area contributed by atoms with Crippen LogP contribution < -0.4 is 16.0 Å². The number of ether oxygens (including phenoxy) is 1. The predicted octanol–water partition coefficient (Wildman–Crippen LogP) is 3.35. The molecule has 0 saturated carbocycles. The largest absolute Gasteiger partial charge is 0.496 e. The molecule has 20 heavy (non-hydrogen) atoms. The van der Waals surface area contributed by atoms with E-state index < -0.39 is 6.04 Å². The quantitative estimate of drug-likeness (QED) is 0.671. The highest BCUT2D eigenvalue weighted by Crippen LogP contribution is 2.34. The van der Waals surface area contributed by atoms with Crippen molar-refractivity contribution in [1.29, 1.82) is 0 Å². The number of nitrogens with one attached hydrogen (secondary N) is 1. The molecular weight excluding hydrogens is 279 g/mol. The van der Waals surface area contributed by atoms with Crippen molar-refractivity contribution in [1.82, 2.24) is 5.43 Å². The Morgan fingerprint density at radius 1 is 1.20 bits per heavy atom. The average Bonchev–Trinajstić information content (AvgIpc) is 2.44. The molecule has 0 spiro atoms. The third-order valence-corrected chi connectivity index (χ3v) is 3.48. The average molecular weight is 295 g/mol. The van der Waals surface area contributed by atoms with Crippen LogP contribution in [0.3, 0.4) is 0 Å². The fraction of sp³-hybridized carbons (Fsp3) is 0.200. The summed E-state index contributed by atoms with van der Waals surface area (Å²) in [6, 6.07) is 9.46. The van der Waals surface area contributed by atoms with E-state index >= 15 is 0 Å². The summed E-state index contributed by atoms with van der Waals surface area (Å²) in [6.07, 6.45) is 0. The van der Waals surface area contributed by atoms with Gasteiger partial charge in [0.25, 0.3) is 0 Å². The molecular formula is C15H16ClFN2O. The van der Waals surface area contributed by atoms with E-state index in [4.69, 9.17) is 22.2 Å². The zero-order chi connectivity index (χ0) is 14.7. The smallest absolute Gasteiger partial charge is 0.124 e. The van der Waals surface area contributed by atoms with Crippen LogP contribution in [0.1, 0.15) is 22.7 Å². The van der Waals surface area contributed by atoms with Crippen molar-refractivity contribution in [3.05, 3.63) is 63.9 Å². The predicted molar refractivity (Wildman–Crippen MR) is 78.3 cm³/mol. The van der Waals surface area contributed by atoms with Crippen LogP contribution in [-0.4, -0.2) is 7.11 Å². The molecule has 2 aromatic rings. The lowest BCUT2D eigenvalue weighted by atomic mass is 9.96. The van der Waals surface area contributed by atoms with Gasteiger partial charge in [-0.1, -0.05) is 29.3 Å². The highest BCUT2D eigenvalue weighted by molar-refractivity contribution is 6.31. The maximum atomic E-state index is 13.5. The van der Waals surface area contributed by atoms with Crippen LogP contribution in [0.5, 0.6) is 5.75 Å². The normalized spacial score (nSPS) is 12.2. The maximum absolute atomic E-state index is 13.5. The Morgan fingerprint density at radius 2 is 1.95 bits per heavy atom.